The Hall–Kier alpha value is -3.78. The molecule has 1 saturated heterocycles. The van der Waals surface area contributed by atoms with Crippen molar-refractivity contribution in [2.45, 2.75) is 58.4 Å². The monoisotopic (exact) mass is 525 g/mol. The molecule has 5 atom stereocenters. The Kier molecular flexibility index (Phi) is 10.5. The zero-order valence-corrected chi connectivity index (χ0v) is 20.8. The number of ether oxygens (including phenoxy) is 6. The van der Waals surface area contributed by atoms with E-state index in [1.54, 1.807) is 24.3 Å². The first-order valence-corrected chi connectivity index (χ1v) is 11.0. The van der Waals surface area contributed by atoms with Gasteiger partial charge in [0, 0.05) is 27.7 Å². The molecular weight excluding hydrogens is 498 g/mol. The highest BCUT2D eigenvalue weighted by Gasteiger charge is 2.53. The number of nitrogens with two attached hydrogens (primary N) is 1. The minimum Gasteiger partial charge on any atom is -0.463 e. The van der Waals surface area contributed by atoms with E-state index < -0.39 is 54.6 Å². The second kappa shape index (κ2) is 13.3. The highest BCUT2D eigenvalue weighted by Crippen LogP contribution is 2.31. The van der Waals surface area contributed by atoms with Crippen LogP contribution in [0.4, 0.5) is 0 Å². The zero-order valence-electron chi connectivity index (χ0n) is 20.0. The first-order valence-electron chi connectivity index (χ1n) is 10.6. The van der Waals surface area contributed by atoms with E-state index in [4.69, 9.17) is 34.2 Å². The second-order valence-corrected chi connectivity index (χ2v) is 7.93. The molecule has 2 rings (SSSR count). The summed E-state index contributed by atoms with van der Waals surface area (Å²) in [5, 5.41) is 3.86. The third-order valence-corrected chi connectivity index (χ3v) is 4.56. The number of rotatable bonds is 9. The van der Waals surface area contributed by atoms with Crippen molar-refractivity contribution in [3.05, 3.63) is 29.8 Å². The number of thiocarbonyl (C=S) groups is 1. The number of nitrogens with zero attached hydrogens (tertiary/aromatic N) is 1. The van der Waals surface area contributed by atoms with Gasteiger partial charge < -0.3 is 34.2 Å². The zero-order chi connectivity index (χ0) is 26.8. The van der Waals surface area contributed by atoms with Crippen molar-refractivity contribution in [3.8, 4) is 5.75 Å². The van der Waals surface area contributed by atoms with Gasteiger partial charge in [0.15, 0.2) is 17.3 Å². The summed E-state index contributed by atoms with van der Waals surface area (Å²) >= 11 is 4.67. The van der Waals surface area contributed by atoms with E-state index in [9.17, 15) is 19.2 Å². The molecule has 0 unspecified atom stereocenters. The van der Waals surface area contributed by atoms with Crippen LogP contribution in [0.15, 0.2) is 29.4 Å². The number of esters is 4. The molecule has 0 bridgehead atoms. The Labute approximate surface area is 212 Å². The van der Waals surface area contributed by atoms with Crippen LogP contribution in [0.1, 0.15) is 33.3 Å². The molecule has 13 nitrogen and oxygen atoms in total. The van der Waals surface area contributed by atoms with Crippen LogP contribution in [0.25, 0.3) is 0 Å². The number of carbonyl (C=O) groups is 4. The van der Waals surface area contributed by atoms with Gasteiger partial charge in [-0.05, 0) is 42.0 Å². The average molecular weight is 526 g/mol. The minimum atomic E-state index is -1.33. The largest absolute Gasteiger partial charge is 0.463 e. The average Bonchev–Trinajstić information content (AvgIpc) is 2.76. The normalized spacial score (nSPS) is 23.3. The number of nitrogens with one attached hydrogen (secondary N) is 1. The second-order valence-electron chi connectivity index (χ2n) is 7.49. The van der Waals surface area contributed by atoms with Crippen molar-refractivity contribution in [2.75, 3.05) is 6.61 Å². The smallest absolute Gasteiger partial charge is 0.303 e. The van der Waals surface area contributed by atoms with E-state index in [0.29, 0.717) is 5.56 Å². The van der Waals surface area contributed by atoms with Gasteiger partial charge >= 0.3 is 23.9 Å². The molecular formula is C22H27N3O10S. The Bertz CT molecular complexity index is 1000. The molecule has 36 heavy (non-hydrogen) atoms. The number of hydrogen-bond acceptors (Lipinski definition) is 12. The van der Waals surface area contributed by atoms with Crippen molar-refractivity contribution in [2.24, 2.45) is 10.8 Å². The summed E-state index contributed by atoms with van der Waals surface area (Å²) in [5.74, 6) is -2.53. The van der Waals surface area contributed by atoms with E-state index in [1.807, 2.05) is 0 Å². The third kappa shape index (κ3) is 9.11. The number of carbonyl (C=O) groups excluding carboxylic acids is 4. The summed E-state index contributed by atoms with van der Waals surface area (Å²) in [7, 11) is 0. The van der Waals surface area contributed by atoms with Crippen LogP contribution in [0.3, 0.4) is 0 Å². The van der Waals surface area contributed by atoms with Gasteiger partial charge in [-0.25, -0.2) is 0 Å². The van der Waals surface area contributed by atoms with Gasteiger partial charge in [-0.3, -0.25) is 24.6 Å². The molecule has 1 aliphatic heterocycles. The lowest BCUT2D eigenvalue weighted by atomic mass is 9.98. The van der Waals surface area contributed by atoms with Gasteiger partial charge in [0.2, 0.25) is 12.4 Å². The Morgan fingerprint density at radius 1 is 0.944 bits per heavy atom. The van der Waals surface area contributed by atoms with Crippen LogP contribution in [0.2, 0.25) is 0 Å². The number of hydrazone groups is 1. The molecule has 1 aromatic carbocycles. The highest BCUT2D eigenvalue weighted by atomic mass is 32.1. The maximum atomic E-state index is 11.9. The Balaban J connectivity index is 2.36. The molecule has 0 saturated carbocycles. The van der Waals surface area contributed by atoms with E-state index >= 15 is 0 Å². The summed E-state index contributed by atoms with van der Waals surface area (Å²) in [6, 6.07) is 6.48. The lowest BCUT2D eigenvalue weighted by Gasteiger charge is -2.43. The van der Waals surface area contributed by atoms with Gasteiger partial charge in [0.25, 0.3) is 0 Å². The molecule has 196 valence electrons. The fourth-order valence-corrected chi connectivity index (χ4v) is 3.27. The lowest BCUT2D eigenvalue weighted by molar-refractivity contribution is -0.288. The SMILES string of the molecule is CC(=O)OC[C@H]1O[C@@H](Oc2ccc(/C=N\NC(N)=S)cc2)[C@H](OC(C)=O)[C@H](OC(C)=O)[C@@H]1OC(C)=O. The van der Waals surface area contributed by atoms with E-state index in [0.717, 1.165) is 20.8 Å². The quantitative estimate of drug-likeness (QED) is 0.148. The van der Waals surface area contributed by atoms with E-state index in [-0.39, 0.29) is 17.5 Å². The molecule has 1 aliphatic rings. The Morgan fingerprint density at radius 2 is 1.50 bits per heavy atom. The predicted molar refractivity (Wildman–Crippen MR) is 127 cm³/mol. The van der Waals surface area contributed by atoms with E-state index in [1.165, 1.54) is 13.1 Å². The summed E-state index contributed by atoms with van der Waals surface area (Å²) in [6.45, 7) is 4.24. The van der Waals surface area contributed by atoms with Crippen molar-refractivity contribution in [1.29, 1.82) is 0 Å². The van der Waals surface area contributed by atoms with Gasteiger partial charge in [-0.1, -0.05) is 0 Å². The van der Waals surface area contributed by atoms with Crippen LogP contribution in [0.5, 0.6) is 5.75 Å². The molecule has 1 fully saturated rings. The first kappa shape index (κ1) is 28.5. The third-order valence-electron chi connectivity index (χ3n) is 4.47. The molecule has 3 N–H and O–H groups in total. The topological polar surface area (TPSA) is 174 Å². The van der Waals surface area contributed by atoms with Crippen LogP contribution >= 0.6 is 12.2 Å². The molecule has 0 radical (unpaired) electrons. The van der Waals surface area contributed by atoms with Crippen molar-refractivity contribution in [1.82, 2.24) is 5.43 Å². The summed E-state index contributed by atoms with van der Waals surface area (Å²) < 4.78 is 32.9. The van der Waals surface area contributed by atoms with Crippen molar-refractivity contribution in [3.63, 3.8) is 0 Å². The predicted octanol–water partition coefficient (Wildman–Crippen LogP) is 0.316. The summed E-state index contributed by atoms with van der Waals surface area (Å²) in [5.41, 5.74) is 8.41. The van der Waals surface area contributed by atoms with Gasteiger partial charge in [-0.2, -0.15) is 5.10 Å². The summed E-state index contributed by atoms with van der Waals surface area (Å²) in [6.07, 6.45) is -4.91. The van der Waals surface area contributed by atoms with Crippen LogP contribution in [-0.2, 0) is 42.9 Å². The molecule has 0 spiro atoms. The van der Waals surface area contributed by atoms with Crippen molar-refractivity contribution >= 4 is 47.4 Å². The first-order chi connectivity index (χ1) is 17.0. The minimum absolute atomic E-state index is 0.00913. The van der Waals surface area contributed by atoms with Gasteiger partial charge in [-0.15, -0.1) is 0 Å². The molecule has 0 aliphatic carbocycles. The molecule has 1 heterocycles. The van der Waals surface area contributed by atoms with Crippen LogP contribution in [-0.4, -0.2) is 72.5 Å². The van der Waals surface area contributed by atoms with Crippen molar-refractivity contribution < 1.29 is 47.6 Å². The fourth-order valence-electron chi connectivity index (χ4n) is 3.22. The number of hydrogen-bond donors (Lipinski definition) is 2. The Morgan fingerprint density at radius 3 is 2.03 bits per heavy atom. The molecule has 14 heteroatoms. The highest BCUT2D eigenvalue weighted by molar-refractivity contribution is 7.80. The maximum absolute atomic E-state index is 11.9. The molecule has 0 aromatic heterocycles. The molecule has 1 aromatic rings. The fraction of sp³-hybridized carbons (Fsp3) is 0.455. The van der Waals surface area contributed by atoms with E-state index in [2.05, 4.69) is 22.7 Å². The number of benzene rings is 1. The molecule has 0 amide bonds. The maximum Gasteiger partial charge on any atom is 0.303 e. The lowest BCUT2D eigenvalue weighted by Crippen LogP contribution is -2.63. The van der Waals surface area contributed by atoms with Gasteiger partial charge in [0.1, 0.15) is 18.5 Å². The summed E-state index contributed by atoms with van der Waals surface area (Å²) in [4.78, 5) is 46.9. The standard InChI is InChI=1S/C22H27N3O10S/c1-11(26)30-10-17-18(31-12(2)27)19(32-13(3)28)20(33-14(4)29)21(35-17)34-16-7-5-15(6-8-16)9-24-25-22(23)36/h5-9,17-21H,10H2,1-4H3,(H3,23,25,36)/b24-9-/t17-,18-,19-,20-,21-/m1/s1. The van der Waals surface area contributed by atoms with Crippen LogP contribution < -0.4 is 15.9 Å². The van der Waals surface area contributed by atoms with Gasteiger partial charge in [0.05, 0.1) is 6.21 Å². The van der Waals surface area contributed by atoms with Crippen LogP contribution in [0, 0.1) is 0 Å².